The van der Waals surface area contributed by atoms with Crippen molar-refractivity contribution in [3.63, 3.8) is 0 Å². The predicted molar refractivity (Wildman–Crippen MR) is 91.3 cm³/mol. The summed E-state index contributed by atoms with van der Waals surface area (Å²) < 4.78 is 1.58. The Labute approximate surface area is 139 Å². The molecule has 9 nitrogen and oxygen atoms in total. The van der Waals surface area contributed by atoms with Gasteiger partial charge < -0.3 is 20.1 Å². The van der Waals surface area contributed by atoms with Gasteiger partial charge in [0.2, 0.25) is 0 Å². The molecule has 1 aromatic heterocycles. The minimum Gasteiger partial charge on any atom is -0.382 e. The fourth-order valence-corrected chi connectivity index (χ4v) is 2.08. The molecular weight excluding hydrogens is 312 g/mol. The number of aryl methyl sites for hydroxylation is 1. The van der Waals surface area contributed by atoms with Crippen LogP contribution in [0.2, 0.25) is 0 Å². The van der Waals surface area contributed by atoms with Gasteiger partial charge in [-0.2, -0.15) is 0 Å². The molecule has 0 aliphatic heterocycles. The molecule has 0 saturated carbocycles. The van der Waals surface area contributed by atoms with E-state index in [2.05, 4.69) is 15.6 Å². The lowest BCUT2D eigenvalue weighted by molar-refractivity contribution is -0.384. The van der Waals surface area contributed by atoms with Crippen LogP contribution in [0.5, 0.6) is 0 Å². The van der Waals surface area contributed by atoms with Crippen LogP contribution in [0.4, 0.5) is 17.1 Å². The van der Waals surface area contributed by atoms with Crippen LogP contribution in [0.25, 0.3) is 0 Å². The van der Waals surface area contributed by atoms with Crippen molar-refractivity contribution in [2.75, 3.05) is 37.8 Å². The van der Waals surface area contributed by atoms with Gasteiger partial charge in [-0.05, 0) is 20.2 Å². The Morgan fingerprint density at radius 2 is 2.12 bits per heavy atom. The molecule has 1 amide bonds. The maximum absolute atomic E-state index is 12.3. The standard InChI is InChI=1S/C15H20N6O3/c1-19(2)7-6-17-12-5-4-11(21(23)24)8-13(12)18-15(22)14-9-16-10-20(14)3/h4-5,8-10,17H,6-7H2,1-3H3,(H,18,22). The first-order valence-electron chi connectivity index (χ1n) is 7.33. The number of carbonyl (C=O) groups is 1. The highest BCUT2D eigenvalue weighted by atomic mass is 16.6. The topological polar surface area (TPSA) is 105 Å². The van der Waals surface area contributed by atoms with Crippen LogP contribution in [0.3, 0.4) is 0 Å². The largest absolute Gasteiger partial charge is 0.382 e. The molecule has 128 valence electrons. The molecule has 0 spiro atoms. The van der Waals surface area contributed by atoms with Crippen molar-refractivity contribution in [2.45, 2.75) is 0 Å². The zero-order valence-corrected chi connectivity index (χ0v) is 13.8. The maximum atomic E-state index is 12.3. The van der Waals surface area contributed by atoms with E-state index in [0.29, 0.717) is 23.6 Å². The number of likely N-dealkylation sites (N-methyl/N-ethyl adjacent to an activating group) is 1. The second kappa shape index (κ2) is 7.55. The molecule has 0 aliphatic carbocycles. The first kappa shape index (κ1) is 17.4. The zero-order valence-electron chi connectivity index (χ0n) is 13.8. The Hall–Kier alpha value is -2.94. The van der Waals surface area contributed by atoms with Gasteiger partial charge in [-0.25, -0.2) is 4.98 Å². The Morgan fingerprint density at radius 1 is 1.38 bits per heavy atom. The number of rotatable bonds is 7. The Bertz CT molecular complexity index is 741. The number of nitro groups is 1. The van der Waals surface area contributed by atoms with Crippen LogP contribution in [0.15, 0.2) is 30.7 Å². The fraction of sp³-hybridized carbons (Fsp3) is 0.333. The van der Waals surface area contributed by atoms with Gasteiger partial charge in [-0.3, -0.25) is 14.9 Å². The quantitative estimate of drug-likeness (QED) is 0.589. The van der Waals surface area contributed by atoms with Crippen molar-refractivity contribution < 1.29 is 9.72 Å². The smallest absolute Gasteiger partial charge is 0.273 e. The Morgan fingerprint density at radius 3 is 2.71 bits per heavy atom. The highest BCUT2D eigenvalue weighted by molar-refractivity contribution is 6.05. The summed E-state index contributed by atoms with van der Waals surface area (Å²) >= 11 is 0. The van der Waals surface area contributed by atoms with Crippen molar-refractivity contribution in [3.8, 4) is 0 Å². The number of imidazole rings is 1. The summed E-state index contributed by atoms with van der Waals surface area (Å²) in [4.78, 5) is 28.7. The van der Waals surface area contributed by atoms with Crippen LogP contribution in [0.1, 0.15) is 10.5 Å². The summed E-state index contributed by atoms with van der Waals surface area (Å²) in [6, 6.07) is 4.33. The van der Waals surface area contributed by atoms with Crippen molar-refractivity contribution in [1.29, 1.82) is 0 Å². The highest BCUT2D eigenvalue weighted by Gasteiger charge is 2.16. The first-order chi connectivity index (χ1) is 11.4. The number of nitrogens with one attached hydrogen (secondary N) is 2. The second-order valence-corrected chi connectivity index (χ2v) is 5.56. The number of non-ortho nitro benzene ring substituents is 1. The molecule has 2 rings (SSSR count). The molecule has 2 aromatic rings. The summed E-state index contributed by atoms with van der Waals surface area (Å²) in [5.74, 6) is -0.383. The SMILES string of the molecule is CN(C)CCNc1ccc([N+](=O)[O-])cc1NC(=O)c1cncn1C. The van der Waals surface area contributed by atoms with Crippen molar-refractivity contribution >= 4 is 23.0 Å². The van der Waals surface area contributed by atoms with Crippen LogP contribution >= 0.6 is 0 Å². The van der Waals surface area contributed by atoms with Crippen LogP contribution in [-0.4, -0.2) is 52.5 Å². The lowest BCUT2D eigenvalue weighted by atomic mass is 10.2. The molecule has 9 heteroatoms. The van der Waals surface area contributed by atoms with E-state index in [-0.39, 0.29) is 11.6 Å². The zero-order chi connectivity index (χ0) is 17.7. The molecule has 1 heterocycles. The predicted octanol–water partition coefficient (Wildman–Crippen LogP) is 1.55. The van der Waals surface area contributed by atoms with E-state index in [4.69, 9.17) is 0 Å². The summed E-state index contributed by atoms with van der Waals surface area (Å²) in [7, 11) is 5.59. The Kier molecular flexibility index (Phi) is 5.48. The molecule has 0 aliphatic rings. The van der Waals surface area contributed by atoms with Gasteiger partial charge in [-0.1, -0.05) is 0 Å². The molecule has 0 bridgehead atoms. The van der Waals surface area contributed by atoms with Crippen molar-refractivity contribution in [1.82, 2.24) is 14.5 Å². The van der Waals surface area contributed by atoms with Crippen LogP contribution < -0.4 is 10.6 Å². The van der Waals surface area contributed by atoms with E-state index in [1.54, 1.807) is 17.7 Å². The van der Waals surface area contributed by atoms with Gasteiger partial charge in [0.25, 0.3) is 11.6 Å². The third-order valence-electron chi connectivity index (χ3n) is 3.39. The molecule has 0 fully saturated rings. The number of carbonyl (C=O) groups excluding carboxylic acids is 1. The van der Waals surface area contributed by atoms with Crippen LogP contribution in [0, 0.1) is 10.1 Å². The lowest BCUT2D eigenvalue weighted by Gasteiger charge is -2.15. The number of amides is 1. The summed E-state index contributed by atoms with van der Waals surface area (Å²) in [6.45, 7) is 1.42. The van der Waals surface area contributed by atoms with Gasteiger partial charge in [0.1, 0.15) is 5.69 Å². The number of hydrogen-bond donors (Lipinski definition) is 2. The molecule has 1 aromatic carbocycles. The number of benzene rings is 1. The summed E-state index contributed by atoms with van der Waals surface area (Å²) in [5, 5.41) is 16.9. The third-order valence-corrected chi connectivity index (χ3v) is 3.39. The monoisotopic (exact) mass is 332 g/mol. The Balaban J connectivity index is 2.23. The average molecular weight is 332 g/mol. The van der Waals surface area contributed by atoms with E-state index in [1.165, 1.54) is 24.7 Å². The van der Waals surface area contributed by atoms with Gasteiger partial charge in [-0.15, -0.1) is 0 Å². The normalized spacial score (nSPS) is 10.7. The van der Waals surface area contributed by atoms with Gasteiger partial charge in [0.05, 0.1) is 28.8 Å². The van der Waals surface area contributed by atoms with Gasteiger partial charge in [0, 0.05) is 32.3 Å². The second-order valence-electron chi connectivity index (χ2n) is 5.56. The fourth-order valence-electron chi connectivity index (χ4n) is 2.08. The molecule has 2 N–H and O–H groups in total. The number of hydrogen-bond acceptors (Lipinski definition) is 6. The number of aromatic nitrogens is 2. The minimum absolute atomic E-state index is 0.0894. The first-order valence-corrected chi connectivity index (χ1v) is 7.33. The molecule has 0 saturated heterocycles. The molecule has 0 radical (unpaired) electrons. The maximum Gasteiger partial charge on any atom is 0.273 e. The van der Waals surface area contributed by atoms with Crippen molar-refractivity contribution in [2.24, 2.45) is 7.05 Å². The third kappa shape index (κ3) is 4.29. The number of nitro benzene ring substituents is 1. The summed E-state index contributed by atoms with van der Waals surface area (Å²) in [5.41, 5.74) is 1.25. The van der Waals surface area contributed by atoms with Crippen LogP contribution in [-0.2, 0) is 7.05 Å². The van der Waals surface area contributed by atoms with E-state index in [1.807, 2.05) is 19.0 Å². The minimum atomic E-state index is -0.497. The molecule has 0 atom stereocenters. The lowest BCUT2D eigenvalue weighted by Crippen LogP contribution is -2.22. The number of anilines is 2. The average Bonchev–Trinajstić information content (AvgIpc) is 2.94. The van der Waals surface area contributed by atoms with Gasteiger partial charge >= 0.3 is 0 Å². The highest BCUT2D eigenvalue weighted by Crippen LogP contribution is 2.27. The molecular formula is C15H20N6O3. The summed E-state index contributed by atoms with van der Waals surface area (Å²) in [6.07, 6.45) is 2.95. The van der Waals surface area contributed by atoms with E-state index in [0.717, 1.165) is 6.54 Å². The van der Waals surface area contributed by atoms with E-state index < -0.39 is 4.92 Å². The molecule has 24 heavy (non-hydrogen) atoms. The van der Waals surface area contributed by atoms with E-state index in [9.17, 15) is 14.9 Å². The van der Waals surface area contributed by atoms with E-state index >= 15 is 0 Å². The van der Waals surface area contributed by atoms with Crippen molar-refractivity contribution in [3.05, 3.63) is 46.5 Å². The van der Waals surface area contributed by atoms with Gasteiger partial charge in [0.15, 0.2) is 0 Å². The number of nitrogens with zero attached hydrogens (tertiary/aromatic N) is 4. The molecule has 0 unspecified atom stereocenters.